The molecule has 2 nitrogen and oxygen atoms in total. The van der Waals surface area contributed by atoms with E-state index in [9.17, 15) is 0 Å². The molecule has 98 valence electrons. The number of ether oxygens (including phenoxy) is 1. The number of nitrogens with one attached hydrogen (secondary N) is 1. The van der Waals surface area contributed by atoms with Crippen molar-refractivity contribution in [2.45, 2.75) is 6.92 Å². The van der Waals surface area contributed by atoms with Crippen LogP contribution < -0.4 is 10.1 Å². The predicted octanol–water partition coefficient (Wildman–Crippen LogP) is 4.55. The lowest BCUT2D eigenvalue weighted by Crippen LogP contribution is -2.10. The maximum atomic E-state index is 5.40. The van der Waals surface area contributed by atoms with Gasteiger partial charge in [-0.25, -0.2) is 0 Å². The summed E-state index contributed by atoms with van der Waals surface area (Å²) in [6.07, 6.45) is 0. The Balaban J connectivity index is 2.15. The number of aryl methyl sites for hydroxylation is 1. The monoisotopic (exact) mass is 335 g/mol. The van der Waals surface area contributed by atoms with E-state index in [4.69, 9.17) is 17.0 Å². The summed E-state index contributed by atoms with van der Waals surface area (Å²) < 4.78 is 6.13. The van der Waals surface area contributed by atoms with Crippen molar-refractivity contribution < 1.29 is 4.74 Å². The maximum Gasteiger partial charge on any atom is 0.118 e. The van der Waals surface area contributed by atoms with Crippen LogP contribution >= 0.6 is 28.1 Å². The quantitative estimate of drug-likeness (QED) is 0.831. The Morgan fingerprint density at radius 2 is 1.84 bits per heavy atom. The first kappa shape index (κ1) is 14.0. The molecule has 0 amide bonds. The molecule has 0 saturated carbocycles. The molecule has 0 bridgehead atoms. The highest BCUT2D eigenvalue weighted by atomic mass is 79.9. The number of hydrogen-bond donors (Lipinski definition) is 1. The summed E-state index contributed by atoms with van der Waals surface area (Å²) >= 11 is 8.93. The van der Waals surface area contributed by atoms with E-state index in [0.717, 1.165) is 21.5 Å². The van der Waals surface area contributed by atoms with Crippen LogP contribution in [0, 0.1) is 6.92 Å². The smallest absolute Gasteiger partial charge is 0.118 e. The summed E-state index contributed by atoms with van der Waals surface area (Å²) in [5, 5.41) is 3.23. The fraction of sp³-hybridized carbons (Fsp3) is 0.133. The molecule has 4 heteroatoms. The second-order valence-electron chi connectivity index (χ2n) is 4.17. The molecule has 0 saturated heterocycles. The first-order chi connectivity index (χ1) is 9.10. The molecule has 0 aliphatic heterocycles. The van der Waals surface area contributed by atoms with E-state index in [1.165, 1.54) is 5.56 Å². The lowest BCUT2D eigenvalue weighted by atomic mass is 10.2. The zero-order valence-electron chi connectivity index (χ0n) is 10.7. The van der Waals surface area contributed by atoms with Crippen LogP contribution in [-0.4, -0.2) is 12.1 Å². The molecule has 2 rings (SSSR count). The van der Waals surface area contributed by atoms with Crippen LogP contribution in [0.5, 0.6) is 5.75 Å². The van der Waals surface area contributed by atoms with Gasteiger partial charge in [-0.15, -0.1) is 0 Å². The highest BCUT2D eigenvalue weighted by molar-refractivity contribution is 9.10. The number of anilines is 1. The molecule has 0 fully saturated rings. The van der Waals surface area contributed by atoms with Crippen LogP contribution in [0.15, 0.2) is 46.9 Å². The molecular formula is C15H14BrNOS. The molecule has 0 atom stereocenters. The van der Waals surface area contributed by atoms with Gasteiger partial charge in [0.25, 0.3) is 0 Å². The van der Waals surface area contributed by atoms with Gasteiger partial charge in [-0.05, 0) is 64.8 Å². The average Bonchev–Trinajstić information content (AvgIpc) is 2.42. The average molecular weight is 336 g/mol. The minimum atomic E-state index is 0.687. The van der Waals surface area contributed by atoms with Crippen LogP contribution in [0.3, 0.4) is 0 Å². The highest BCUT2D eigenvalue weighted by Crippen LogP contribution is 2.24. The third-order valence-corrected chi connectivity index (χ3v) is 3.72. The number of thiocarbonyl (C=S) groups is 1. The van der Waals surface area contributed by atoms with Gasteiger partial charge in [0.2, 0.25) is 0 Å². The molecule has 19 heavy (non-hydrogen) atoms. The first-order valence-electron chi connectivity index (χ1n) is 5.81. The fourth-order valence-electron chi connectivity index (χ4n) is 1.66. The minimum absolute atomic E-state index is 0.687. The summed E-state index contributed by atoms with van der Waals surface area (Å²) in [6, 6.07) is 13.8. The van der Waals surface area contributed by atoms with Crippen molar-refractivity contribution in [3.8, 4) is 5.75 Å². The van der Waals surface area contributed by atoms with Gasteiger partial charge in [0, 0.05) is 10.0 Å². The summed E-state index contributed by atoms with van der Waals surface area (Å²) in [7, 11) is 1.65. The summed E-state index contributed by atoms with van der Waals surface area (Å²) in [5.74, 6) is 0.822. The molecule has 2 aromatic rings. The van der Waals surface area contributed by atoms with Crippen molar-refractivity contribution >= 4 is 38.8 Å². The molecule has 0 spiro atoms. The second-order valence-corrected chi connectivity index (χ2v) is 5.43. The van der Waals surface area contributed by atoms with Crippen LogP contribution in [-0.2, 0) is 0 Å². The normalized spacial score (nSPS) is 10.1. The Hall–Kier alpha value is -1.39. The summed E-state index contributed by atoms with van der Waals surface area (Å²) in [4.78, 5) is 0.687. The van der Waals surface area contributed by atoms with E-state index in [1.807, 2.05) is 36.4 Å². The van der Waals surface area contributed by atoms with E-state index in [1.54, 1.807) is 7.11 Å². The van der Waals surface area contributed by atoms with Crippen molar-refractivity contribution in [1.29, 1.82) is 0 Å². The Bertz CT molecular complexity index is 596. The van der Waals surface area contributed by atoms with E-state index >= 15 is 0 Å². The number of methoxy groups -OCH3 is 1. The lowest BCUT2D eigenvalue weighted by Gasteiger charge is -2.11. The largest absolute Gasteiger partial charge is 0.497 e. The Morgan fingerprint density at radius 3 is 2.42 bits per heavy atom. The van der Waals surface area contributed by atoms with Gasteiger partial charge in [0.15, 0.2) is 0 Å². The molecular weight excluding hydrogens is 322 g/mol. The van der Waals surface area contributed by atoms with Crippen LogP contribution in [0.2, 0.25) is 0 Å². The minimum Gasteiger partial charge on any atom is -0.497 e. The molecule has 0 unspecified atom stereocenters. The number of halogens is 1. The van der Waals surface area contributed by atoms with Crippen molar-refractivity contribution in [3.05, 3.63) is 58.1 Å². The molecule has 0 heterocycles. The van der Waals surface area contributed by atoms with E-state index in [-0.39, 0.29) is 0 Å². The van der Waals surface area contributed by atoms with Gasteiger partial charge in [-0.3, -0.25) is 0 Å². The van der Waals surface area contributed by atoms with Crippen molar-refractivity contribution in [2.24, 2.45) is 0 Å². The molecule has 0 aliphatic rings. The van der Waals surface area contributed by atoms with Crippen molar-refractivity contribution in [2.75, 3.05) is 12.4 Å². The van der Waals surface area contributed by atoms with Crippen molar-refractivity contribution in [1.82, 2.24) is 0 Å². The zero-order valence-corrected chi connectivity index (χ0v) is 13.1. The van der Waals surface area contributed by atoms with Gasteiger partial charge in [-0.2, -0.15) is 0 Å². The van der Waals surface area contributed by atoms with Gasteiger partial charge < -0.3 is 10.1 Å². The van der Waals surface area contributed by atoms with Crippen LogP contribution in [0.25, 0.3) is 0 Å². The summed E-state index contributed by atoms with van der Waals surface area (Å²) in [6.45, 7) is 2.05. The van der Waals surface area contributed by atoms with Gasteiger partial charge in [-0.1, -0.05) is 18.3 Å². The third-order valence-electron chi connectivity index (χ3n) is 2.72. The fourth-order valence-corrected chi connectivity index (χ4v) is 2.50. The predicted molar refractivity (Wildman–Crippen MR) is 87.2 cm³/mol. The Kier molecular flexibility index (Phi) is 4.56. The van der Waals surface area contributed by atoms with E-state index in [2.05, 4.69) is 34.2 Å². The SMILES string of the molecule is COc1ccc(C(=S)Nc2ccc(C)cc2Br)cc1. The molecule has 0 radical (unpaired) electrons. The number of benzene rings is 2. The maximum absolute atomic E-state index is 5.40. The topological polar surface area (TPSA) is 21.3 Å². The highest BCUT2D eigenvalue weighted by Gasteiger charge is 2.05. The molecule has 1 N–H and O–H groups in total. The van der Waals surface area contributed by atoms with Gasteiger partial charge >= 0.3 is 0 Å². The van der Waals surface area contributed by atoms with E-state index < -0.39 is 0 Å². The van der Waals surface area contributed by atoms with E-state index in [0.29, 0.717) is 4.99 Å². The molecule has 0 aliphatic carbocycles. The number of rotatable bonds is 3. The van der Waals surface area contributed by atoms with Crippen molar-refractivity contribution in [3.63, 3.8) is 0 Å². The Morgan fingerprint density at radius 1 is 1.16 bits per heavy atom. The standard InChI is InChI=1S/C15H14BrNOS/c1-10-3-8-14(13(16)9-10)17-15(19)11-4-6-12(18-2)7-5-11/h3-9H,1-2H3,(H,17,19). The summed E-state index contributed by atoms with van der Waals surface area (Å²) in [5.41, 5.74) is 3.13. The second kappa shape index (κ2) is 6.17. The number of hydrogen-bond acceptors (Lipinski definition) is 2. The van der Waals surface area contributed by atoms with Crippen LogP contribution in [0.4, 0.5) is 5.69 Å². The Labute approximate surface area is 126 Å². The molecule has 0 aromatic heterocycles. The van der Waals surface area contributed by atoms with Gasteiger partial charge in [0.05, 0.1) is 12.8 Å². The first-order valence-corrected chi connectivity index (χ1v) is 7.02. The lowest BCUT2D eigenvalue weighted by molar-refractivity contribution is 0.415. The van der Waals surface area contributed by atoms with Gasteiger partial charge in [0.1, 0.15) is 10.7 Å². The third kappa shape index (κ3) is 3.55. The zero-order chi connectivity index (χ0) is 13.8. The van der Waals surface area contributed by atoms with Crippen LogP contribution in [0.1, 0.15) is 11.1 Å². The molecule has 2 aromatic carbocycles.